The van der Waals surface area contributed by atoms with Gasteiger partial charge in [-0.1, -0.05) is 30.3 Å². The molecule has 20 heavy (non-hydrogen) atoms. The molecule has 3 rings (SSSR count). The van der Waals surface area contributed by atoms with Gasteiger partial charge in [-0.2, -0.15) is 0 Å². The van der Waals surface area contributed by atoms with Crippen LogP contribution in [-0.2, 0) is 6.42 Å². The minimum absolute atomic E-state index is 0.271. The van der Waals surface area contributed by atoms with Gasteiger partial charge in [0.25, 0.3) is 0 Å². The zero-order chi connectivity index (χ0) is 14.1. The van der Waals surface area contributed by atoms with Gasteiger partial charge in [0.2, 0.25) is 0 Å². The molecule has 102 valence electrons. The van der Waals surface area contributed by atoms with Crippen LogP contribution in [-0.4, -0.2) is 14.5 Å². The molecule has 0 radical (unpaired) electrons. The maximum Gasteiger partial charge on any atom is 0.179 e. The fourth-order valence-corrected chi connectivity index (χ4v) is 2.93. The Kier molecular flexibility index (Phi) is 3.40. The second kappa shape index (κ2) is 5.21. The average Bonchev–Trinajstić information content (AvgIpc) is 2.75. The van der Waals surface area contributed by atoms with Crippen LogP contribution in [0.2, 0.25) is 0 Å². The summed E-state index contributed by atoms with van der Waals surface area (Å²) in [4.78, 5) is 7.86. The van der Waals surface area contributed by atoms with E-state index in [4.69, 9.17) is 12.2 Å². The molecule has 1 unspecified atom stereocenters. The summed E-state index contributed by atoms with van der Waals surface area (Å²) in [5, 5.41) is 0. The van der Waals surface area contributed by atoms with Gasteiger partial charge in [-0.15, -0.1) is 0 Å². The Morgan fingerprint density at radius 3 is 2.70 bits per heavy atom. The van der Waals surface area contributed by atoms with Crippen LogP contribution in [0.25, 0.3) is 11.2 Å². The summed E-state index contributed by atoms with van der Waals surface area (Å²) in [6, 6.07) is 14.8. The summed E-state index contributed by atoms with van der Waals surface area (Å²) < 4.78 is 2.85. The molecule has 4 heteroatoms. The van der Waals surface area contributed by atoms with Crippen LogP contribution in [0.3, 0.4) is 0 Å². The molecule has 1 N–H and O–H groups in total. The molecule has 0 amide bonds. The monoisotopic (exact) mass is 283 g/mol. The van der Waals surface area contributed by atoms with E-state index in [1.54, 1.807) is 0 Å². The third kappa shape index (κ3) is 2.39. The molecule has 2 heterocycles. The Labute approximate surface area is 123 Å². The average molecular weight is 283 g/mol. The van der Waals surface area contributed by atoms with Crippen molar-refractivity contribution < 1.29 is 0 Å². The maximum absolute atomic E-state index is 5.46. The predicted molar refractivity (Wildman–Crippen MR) is 84.5 cm³/mol. The highest BCUT2D eigenvalue weighted by molar-refractivity contribution is 7.71. The number of H-pyrrole nitrogens is 1. The molecule has 1 aromatic carbocycles. The number of rotatable bonds is 3. The molecule has 0 fully saturated rings. The fourth-order valence-electron chi connectivity index (χ4n) is 2.55. The van der Waals surface area contributed by atoms with Crippen molar-refractivity contribution in [3.05, 3.63) is 58.5 Å². The van der Waals surface area contributed by atoms with Crippen LogP contribution in [0, 0.1) is 11.7 Å². The summed E-state index contributed by atoms with van der Waals surface area (Å²) in [7, 11) is 0. The summed E-state index contributed by atoms with van der Waals surface area (Å²) in [5.41, 5.74) is 4.26. The number of nitrogens with zero attached hydrogens (tertiary/aromatic N) is 2. The highest BCUT2D eigenvalue weighted by atomic mass is 32.1. The molecule has 0 aliphatic rings. The number of fused-ring (bicyclic) bond motifs is 1. The van der Waals surface area contributed by atoms with Crippen molar-refractivity contribution in [2.24, 2.45) is 0 Å². The first-order chi connectivity index (χ1) is 9.65. The summed E-state index contributed by atoms with van der Waals surface area (Å²) in [6.07, 6.45) is 0.942. The zero-order valence-corrected chi connectivity index (χ0v) is 12.4. The van der Waals surface area contributed by atoms with Gasteiger partial charge in [0.1, 0.15) is 0 Å². The van der Waals surface area contributed by atoms with Crippen LogP contribution < -0.4 is 0 Å². The fraction of sp³-hybridized carbons (Fsp3) is 0.250. The SMILES string of the molecule is Cc1ccc2[nH]c(=S)n(C(C)Cc3ccccc3)c2n1. The van der Waals surface area contributed by atoms with Gasteiger partial charge >= 0.3 is 0 Å². The minimum Gasteiger partial charge on any atom is -0.329 e. The lowest BCUT2D eigenvalue weighted by atomic mass is 10.1. The van der Waals surface area contributed by atoms with Crippen molar-refractivity contribution in [3.63, 3.8) is 0 Å². The van der Waals surface area contributed by atoms with Crippen molar-refractivity contribution in [2.75, 3.05) is 0 Å². The van der Waals surface area contributed by atoms with E-state index < -0.39 is 0 Å². The van der Waals surface area contributed by atoms with Crippen LogP contribution >= 0.6 is 12.2 Å². The van der Waals surface area contributed by atoms with Gasteiger partial charge in [0, 0.05) is 11.7 Å². The van der Waals surface area contributed by atoms with E-state index in [1.165, 1.54) is 5.56 Å². The topological polar surface area (TPSA) is 33.6 Å². The minimum atomic E-state index is 0.271. The maximum atomic E-state index is 5.46. The number of benzene rings is 1. The van der Waals surface area contributed by atoms with E-state index in [1.807, 2.05) is 25.1 Å². The number of hydrogen-bond donors (Lipinski definition) is 1. The van der Waals surface area contributed by atoms with Crippen LogP contribution in [0.1, 0.15) is 24.2 Å². The smallest absolute Gasteiger partial charge is 0.179 e. The number of aromatic nitrogens is 3. The number of pyridine rings is 1. The third-order valence-electron chi connectivity index (χ3n) is 3.52. The highest BCUT2D eigenvalue weighted by Crippen LogP contribution is 2.21. The Balaban J connectivity index is 2.03. The van der Waals surface area contributed by atoms with Crippen molar-refractivity contribution in [3.8, 4) is 0 Å². The number of nitrogens with one attached hydrogen (secondary N) is 1. The number of aryl methyl sites for hydroxylation is 1. The quantitative estimate of drug-likeness (QED) is 0.731. The van der Waals surface area contributed by atoms with Gasteiger partial charge in [0.15, 0.2) is 10.4 Å². The third-order valence-corrected chi connectivity index (χ3v) is 3.82. The van der Waals surface area contributed by atoms with E-state index in [2.05, 4.69) is 45.7 Å². The molecular weight excluding hydrogens is 266 g/mol. The largest absolute Gasteiger partial charge is 0.329 e. The Hall–Kier alpha value is -1.94. The van der Waals surface area contributed by atoms with Crippen molar-refractivity contribution in [1.82, 2.24) is 14.5 Å². The van der Waals surface area contributed by atoms with E-state index in [0.29, 0.717) is 0 Å². The molecule has 0 aliphatic carbocycles. The normalized spacial score (nSPS) is 12.7. The molecule has 0 aliphatic heterocycles. The van der Waals surface area contributed by atoms with Gasteiger partial charge in [-0.3, -0.25) is 4.57 Å². The van der Waals surface area contributed by atoms with E-state index in [0.717, 1.165) is 28.0 Å². The Morgan fingerprint density at radius 2 is 1.95 bits per heavy atom. The molecule has 0 saturated carbocycles. The first-order valence-electron chi connectivity index (χ1n) is 6.77. The second-order valence-corrected chi connectivity index (χ2v) is 5.55. The van der Waals surface area contributed by atoms with Crippen LogP contribution in [0.15, 0.2) is 42.5 Å². The number of aromatic amines is 1. The molecule has 1 atom stereocenters. The van der Waals surface area contributed by atoms with Gasteiger partial charge < -0.3 is 4.98 Å². The lowest BCUT2D eigenvalue weighted by molar-refractivity contribution is 0.549. The first-order valence-corrected chi connectivity index (χ1v) is 7.18. The predicted octanol–water partition coefficient (Wildman–Crippen LogP) is 4.21. The van der Waals surface area contributed by atoms with Crippen LogP contribution in [0.4, 0.5) is 0 Å². The Morgan fingerprint density at radius 1 is 1.20 bits per heavy atom. The van der Waals surface area contributed by atoms with Crippen molar-refractivity contribution >= 4 is 23.4 Å². The number of imidazole rings is 1. The number of hydrogen-bond acceptors (Lipinski definition) is 2. The van der Waals surface area contributed by atoms with Gasteiger partial charge in [0.05, 0.1) is 5.52 Å². The zero-order valence-electron chi connectivity index (χ0n) is 11.6. The molecule has 3 aromatic rings. The second-order valence-electron chi connectivity index (χ2n) is 5.16. The standard InChI is InChI=1S/C16H17N3S/c1-11-8-9-14-15(17-11)19(16(20)18-14)12(2)10-13-6-4-3-5-7-13/h3-9,12H,10H2,1-2H3,(H,18,20). The Bertz CT molecular complexity index is 786. The molecule has 2 aromatic heterocycles. The lowest BCUT2D eigenvalue weighted by Crippen LogP contribution is -2.09. The molecule has 0 spiro atoms. The molecule has 0 bridgehead atoms. The highest BCUT2D eigenvalue weighted by Gasteiger charge is 2.13. The van der Waals surface area contributed by atoms with Gasteiger partial charge in [-0.05, 0) is 50.2 Å². The summed E-state index contributed by atoms with van der Waals surface area (Å²) in [5.74, 6) is 0. The van der Waals surface area contributed by atoms with E-state index in [9.17, 15) is 0 Å². The van der Waals surface area contributed by atoms with Gasteiger partial charge in [-0.25, -0.2) is 4.98 Å². The van der Waals surface area contributed by atoms with E-state index >= 15 is 0 Å². The first kappa shape index (κ1) is 13.1. The molecule has 0 saturated heterocycles. The molecular formula is C16H17N3S. The van der Waals surface area contributed by atoms with Crippen molar-refractivity contribution in [2.45, 2.75) is 26.3 Å². The summed E-state index contributed by atoms with van der Waals surface area (Å²) in [6.45, 7) is 4.18. The van der Waals surface area contributed by atoms with Crippen LogP contribution in [0.5, 0.6) is 0 Å². The van der Waals surface area contributed by atoms with E-state index in [-0.39, 0.29) is 6.04 Å². The molecule has 3 nitrogen and oxygen atoms in total. The van der Waals surface area contributed by atoms with Crippen molar-refractivity contribution in [1.29, 1.82) is 0 Å². The summed E-state index contributed by atoms with van der Waals surface area (Å²) >= 11 is 5.46. The lowest BCUT2D eigenvalue weighted by Gasteiger charge is -2.14.